The molecule has 3 aliphatic rings. The van der Waals surface area contributed by atoms with E-state index in [0.29, 0.717) is 6.54 Å². The molecule has 5 heteroatoms. The Bertz CT molecular complexity index is 392. The van der Waals surface area contributed by atoms with Gasteiger partial charge in [0.2, 0.25) is 0 Å². The zero-order chi connectivity index (χ0) is 13.5. The van der Waals surface area contributed by atoms with Crippen LogP contribution in [0.2, 0.25) is 0 Å². The Kier molecular flexibility index (Phi) is 3.25. The van der Waals surface area contributed by atoms with Crippen molar-refractivity contribution in [3.05, 3.63) is 0 Å². The van der Waals surface area contributed by atoms with Crippen molar-refractivity contribution in [2.24, 2.45) is 5.92 Å². The van der Waals surface area contributed by atoms with Crippen molar-refractivity contribution in [1.29, 1.82) is 0 Å². The molecule has 0 aromatic rings. The molecular formula is C14H22N2O3. The third kappa shape index (κ3) is 2.04. The second kappa shape index (κ2) is 4.78. The Hall–Kier alpha value is -1.10. The van der Waals surface area contributed by atoms with Crippen molar-refractivity contribution in [3.63, 3.8) is 0 Å². The fourth-order valence-electron chi connectivity index (χ4n) is 3.65. The highest BCUT2D eigenvalue weighted by Crippen LogP contribution is 2.38. The lowest BCUT2D eigenvalue weighted by Crippen LogP contribution is -2.54. The average molecular weight is 266 g/mol. The summed E-state index contributed by atoms with van der Waals surface area (Å²) in [5.41, 5.74) is -0.631. The molecule has 0 radical (unpaired) electrons. The van der Waals surface area contributed by atoms with E-state index in [0.717, 1.165) is 45.1 Å². The van der Waals surface area contributed by atoms with Crippen LogP contribution < -0.4 is 5.32 Å². The maximum absolute atomic E-state index is 12.7. The van der Waals surface area contributed by atoms with Crippen LogP contribution in [0, 0.1) is 5.92 Å². The molecule has 0 aromatic heterocycles. The number of carbonyl (C=O) groups is 2. The largest absolute Gasteiger partial charge is 0.376 e. The Balaban J connectivity index is 1.76. The first-order valence-electron chi connectivity index (χ1n) is 7.39. The summed E-state index contributed by atoms with van der Waals surface area (Å²) < 4.78 is 5.54. The summed E-state index contributed by atoms with van der Waals surface area (Å²) in [7, 11) is 0. The van der Waals surface area contributed by atoms with Gasteiger partial charge in [0.05, 0.1) is 12.6 Å². The number of amides is 3. The van der Waals surface area contributed by atoms with Gasteiger partial charge in [0, 0.05) is 6.61 Å². The first-order valence-corrected chi connectivity index (χ1v) is 7.39. The van der Waals surface area contributed by atoms with Crippen LogP contribution in [0.3, 0.4) is 0 Å². The van der Waals surface area contributed by atoms with Gasteiger partial charge in [-0.2, -0.15) is 0 Å². The van der Waals surface area contributed by atoms with Crippen molar-refractivity contribution in [2.75, 3.05) is 13.2 Å². The molecule has 1 N–H and O–H groups in total. The smallest absolute Gasteiger partial charge is 0.325 e. The number of nitrogens with zero attached hydrogens (tertiary/aromatic N) is 1. The summed E-state index contributed by atoms with van der Waals surface area (Å²) in [4.78, 5) is 26.2. The minimum Gasteiger partial charge on any atom is -0.376 e. The van der Waals surface area contributed by atoms with Gasteiger partial charge in [-0.05, 0) is 31.6 Å². The molecule has 2 aliphatic heterocycles. The predicted octanol–water partition coefficient (Wildman–Crippen LogP) is 1.67. The van der Waals surface area contributed by atoms with E-state index in [2.05, 4.69) is 12.2 Å². The molecule has 2 saturated heterocycles. The van der Waals surface area contributed by atoms with Gasteiger partial charge in [-0.25, -0.2) is 4.79 Å². The molecule has 1 spiro atoms. The molecule has 0 bridgehead atoms. The number of nitrogens with one attached hydrogen (secondary N) is 1. The average Bonchev–Trinajstić information content (AvgIpc) is 2.97. The second-order valence-corrected chi connectivity index (χ2v) is 6.10. The Morgan fingerprint density at radius 3 is 2.84 bits per heavy atom. The second-order valence-electron chi connectivity index (χ2n) is 6.10. The maximum Gasteiger partial charge on any atom is 0.325 e. The number of imide groups is 1. The molecule has 2 heterocycles. The van der Waals surface area contributed by atoms with Crippen LogP contribution >= 0.6 is 0 Å². The minimum absolute atomic E-state index is 0.0276. The molecule has 0 unspecified atom stereocenters. The van der Waals surface area contributed by atoms with Crippen molar-refractivity contribution in [3.8, 4) is 0 Å². The fourth-order valence-corrected chi connectivity index (χ4v) is 3.65. The van der Waals surface area contributed by atoms with Gasteiger partial charge in [0.1, 0.15) is 5.54 Å². The lowest BCUT2D eigenvalue weighted by molar-refractivity contribution is -0.135. The number of urea groups is 1. The van der Waals surface area contributed by atoms with E-state index in [9.17, 15) is 9.59 Å². The zero-order valence-electron chi connectivity index (χ0n) is 11.5. The zero-order valence-corrected chi connectivity index (χ0v) is 11.5. The van der Waals surface area contributed by atoms with Crippen LogP contribution in [0.5, 0.6) is 0 Å². The van der Waals surface area contributed by atoms with Gasteiger partial charge in [-0.3, -0.25) is 9.69 Å². The molecule has 0 aromatic carbocycles. The fraction of sp³-hybridized carbons (Fsp3) is 0.857. The number of hydrogen-bond acceptors (Lipinski definition) is 3. The van der Waals surface area contributed by atoms with E-state index in [1.165, 1.54) is 4.90 Å². The topological polar surface area (TPSA) is 58.6 Å². The standard InChI is InChI=1S/C14H22N2O3/c1-10-5-2-3-7-14(10)12(17)16(13(18)15-14)9-11-6-4-8-19-11/h10-11H,2-9H2,1H3,(H,15,18)/t10-,11+,14-/m1/s1. The Morgan fingerprint density at radius 2 is 2.16 bits per heavy atom. The number of carbonyl (C=O) groups excluding carboxylic acids is 2. The third-order valence-electron chi connectivity index (χ3n) is 4.91. The summed E-state index contributed by atoms with van der Waals surface area (Å²) in [5.74, 6) is 0.201. The van der Waals surface area contributed by atoms with Gasteiger partial charge >= 0.3 is 6.03 Å². The van der Waals surface area contributed by atoms with E-state index in [1.807, 2.05) is 0 Å². The number of rotatable bonds is 2. The van der Waals surface area contributed by atoms with Crippen LogP contribution in [0.1, 0.15) is 45.4 Å². The summed E-state index contributed by atoms with van der Waals surface area (Å²) in [6, 6.07) is -0.228. The predicted molar refractivity (Wildman–Crippen MR) is 69.6 cm³/mol. The van der Waals surface area contributed by atoms with E-state index in [4.69, 9.17) is 4.74 Å². The summed E-state index contributed by atoms with van der Waals surface area (Å²) >= 11 is 0. The van der Waals surface area contributed by atoms with Crippen molar-refractivity contribution >= 4 is 11.9 Å². The van der Waals surface area contributed by atoms with Crippen LogP contribution in [0.15, 0.2) is 0 Å². The third-order valence-corrected chi connectivity index (χ3v) is 4.91. The van der Waals surface area contributed by atoms with E-state index < -0.39 is 5.54 Å². The van der Waals surface area contributed by atoms with Gasteiger partial charge in [-0.1, -0.05) is 19.8 Å². The van der Waals surface area contributed by atoms with Crippen LogP contribution in [-0.2, 0) is 9.53 Å². The molecular weight excluding hydrogens is 244 g/mol. The highest BCUT2D eigenvalue weighted by Gasteiger charge is 2.55. The van der Waals surface area contributed by atoms with Crippen molar-refractivity contribution < 1.29 is 14.3 Å². The highest BCUT2D eigenvalue weighted by atomic mass is 16.5. The highest BCUT2D eigenvalue weighted by molar-refractivity contribution is 6.07. The normalized spacial score (nSPS) is 39.1. The molecule has 3 amide bonds. The lowest BCUT2D eigenvalue weighted by atomic mass is 9.73. The van der Waals surface area contributed by atoms with Crippen LogP contribution in [0.4, 0.5) is 4.79 Å². The molecule has 106 valence electrons. The van der Waals surface area contributed by atoms with Gasteiger partial charge in [-0.15, -0.1) is 0 Å². The molecule has 3 fully saturated rings. The molecule has 1 saturated carbocycles. The molecule has 3 rings (SSSR count). The summed E-state index contributed by atoms with van der Waals surface area (Å²) in [6.45, 7) is 3.24. The Morgan fingerprint density at radius 1 is 1.32 bits per heavy atom. The SMILES string of the molecule is C[C@@H]1CCCC[C@@]12NC(=O)N(C[C@@H]1CCCO1)C2=O. The summed E-state index contributed by atoms with van der Waals surface area (Å²) in [5, 5.41) is 2.97. The van der Waals surface area contributed by atoms with Gasteiger partial charge in [0.25, 0.3) is 5.91 Å². The van der Waals surface area contributed by atoms with Crippen LogP contribution in [0.25, 0.3) is 0 Å². The maximum atomic E-state index is 12.7. The lowest BCUT2D eigenvalue weighted by Gasteiger charge is -2.36. The van der Waals surface area contributed by atoms with Gasteiger partial charge in [0.15, 0.2) is 0 Å². The quantitative estimate of drug-likeness (QED) is 0.773. The number of hydrogen-bond donors (Lipinski definition) is 1. The first-order chi connectivity index (χ1) is 9.13. The van der Waals surface area contributed by atoms with E-state index in [-0.39, 0.29) is 24.0 Å². The van der Waals surface area contributed by atoms with E-state index >= 15 is 0 Å². The Labute approximate surface area is 113 Å². The summed E-state index contributed by atoms with van der Waals surface area (Å²) in [6.07, 6.45) is 5.96. The van der Waals surface area contributed by atoms with Crippen molar-refractivity contribution in [1.82, 2.24) is 10.2 Å². The van der Waals surface area contributed by atoms with Crippen molar-refractivity contribution in [2.45, 2.75) is 57.1 Å². The monoisotopic (exact) mass is 266 g/mol. The van der Waals surface area contributed by atoms with Crippen LogP contribution in [-0.4, -0.2) is 41.6 Å². The molecule has 1 aliphatic carbocycles. The van der Waals surface area contributed by atoms with Gasteiger partial charge < -0.3 is 10.1 Å². The van der Waals surface area contributed by atoms with E-state index in [1.54, 1.807) is 0 Å². The number of ether oxygens (including phenoxy) is 1. The minimum atomic E-state index is -0.631. The molecule has 3 atom stereocenters. The molecule has 19 heavy (non-hydrogen) atoms. The molecule has 5 nitrogen and oxygen atoms in total. The first kappa shape index (κ1) is 12.9.